The number of anilines is 1. The topological polar surface area (TPSA) is 62.3 Å². The van der Waals surface area contributed by atoms with E-state index < -0.39 is 0 Å². The lowest BCUT2D eigenvalue weighted by Crippen LogP contribution is -2.42. The molecule has 1 aliphatic carbocycles. The Balaban J connectivity index is 1.47. The van der Waals surface area contributed by atoms with Gasteiger partial charge in [0.1, 0.15) is 6.04 Å². The summed E-state index contributed by atoms with van der Waals surface area (Å²) in [5.41, 5.74) is 1.14. The van der Waals surface area contributed by atoms with Gasteiger partial charge in [-0.2, -0.15) is 0 Å². The molecule has 0 aromatic carbocycles. The molecule has 4 rings (SSSR count). The predicted molar refractivity (Wildman–Crippen MR) is 95.8 cm³/mol. The summed E-state index contributed by atoms with van der Waals surface area (Å²) in [6, 6.07) is 3.29. The lowest BCUT2D eigenvalue weighted by Gasteiger charge is -2.22. The van der Waals surface area contributed by atoms with Crippen molar-refractivity contribution in [3.8, 4) is 0 Å². The molecule has 126 valence electrons. The number of fused-ring (bicyclic) bond motifs is 1. The van der Waals surface area contributed by atoms with Crippen molar-refractivity contribution in [1.29, 1.82) is 0 Å². The van der Waals surface area contributed by atoms with Crippen molar-refractivity contribution in [1.82, 2.24) is 9.88 Å². The molecule has 0 bridgehead atoms. The van der Waals surface area contributed by atoms with Gasteiger partial charge in [0.25, 0.3) is 5.91 Å². The molecule has 2 amide bonds. The van der Waals surface area contributed by atoms with Gasteiger partial charge in [0.05, 0.1) is 10.6 Å². The Hall–Kier alpha value is -1.73. The third kappa shape index (κ3) is 2.98. The highest BCUT2D eigenvalue weighted by atomic mass is 32.1. The van der Waals surface area contributed by atoms with Crippen molar-refractivity contribution in [2.45, 2.75) is 44.6 Å². The van der Waals surface area contributed by atoms with E-state index in [1.54, 1.807) is 16.2 Å². The number of likely N-dealkylation sites (tertiary alicyclic amines) is 1. The van der Waals surface area contributed by atoms with Crippen molar-refractivity contribution in [2.75, 3.05) is 11.9 Å². The number of aryl methyl sites for hydroxylation is 2. The lowest BCUT2D eigenvalue weighted by atomic mass is 10.0. The van der Waals surface area contributed by atoms with E-state index in [2.05, 4.69) is 10.3 Å². The zero-order valence-corrected chi connectivity index (χ0v) is 14.9. The molecule has 0 radical (unpaired) electrons. The average molecular weight is 361 g/mol. The maximum absolute atomic E-state index is 12.7. The van der Waals surface area contributed by atoms with E-state index in [4.69, 9.17) is 0 Å². The summed E-state index contributed by atoms with van der Waals surface area (Å²) >= 11 is 3.01. The number of amides is 2. The third-order valence-corrected chi connectivity index (χ3v) is 6.55. The second-order valence-electron chi connectivity index (χ2n) is 6.22. The van der Waals surface area contributed by atoms with Crippen LogP contribution in [0.2, 0.25) is 0 Å². The highest BCUT2D eigenvalue weighted by Crippen LogP contribution is 2.30. The van der Waals surface area contributed by atoms with Crippen LogP contribution in [0.4, 0.5) is 5.13 Å². The van der Waals surface area contributed by atoms with Crippen LogP contribution in [-0.2, 0) is 17.6 Å². The van der Waals surface area contributed by atoms with Gasteiger partial charge in [-0.1, -0.05) is 6.07 Å². The second-order valence-corrected chi connectivity index (χ2v) is 8.25. The molecule has 1 aliphatic heterocycles. The molecule has 0 saturated carbocycles. The number of thiazole rings is 1. The molecule has 1 saturated heterocycles. The zero-order chi connectivity index (χ0) is 16.5. The van der Waals surface area contributed by atoms with Crippen molar-refractivity contribution in [3.63, 3.8) is 0 Å². The highest BCUT2D eigenvalue weighted by Gasteiger charge is 2.35. The first-order valence-electron chi connectivity index (χ1n) is 8.36. The van der Waals surface area contributed by atoms with Crippen LogP contribution in [0, 0.1) is 0 Å². The SMILES string of the molecule is O=C(Nc1nc2c(s1)CCCC2)[C@H]1CCCN1C(=O)c1cccs1. The number of nitrogens with one attached hydrogen (secondary N) is 1. The first kappa shape index (κ1) is 15.8. The van der Waals surface area contributed by atoms with Gasteiger partial charge in [-0.25, -0.2) is 4.98 Å². The van der Waals surface area contributed by atoms with E-state index in [-0.39, 0.29) is 17.9 Å². The van der Waals surface area contributed by atoms with Gasteiger partial charge in [0.2, 0.25) is 5.91 Å². The van der Waals surface area contributed by atoms with Crippen molar-refractivity contribution < 1.29 is 9.59 Å². The van der Waals surface area contributed by atoms with Crippen LogP contribution in [0.15, 0.2) is 17.5 Å². The number of hydrogen-bond donors (Lipinski definition) is 1. The fraction of sp³-hybridized carbons (Fsp3) is 0.471. The minimum atomic E-state index is -0.388. The molecule has 3 heterocycles. The largest absolute Gasteiger partial charge is 0.326 e. The monoisotopic (exact) mass is 361 g/mol. The molecule has 2 aliphatic rings. The Morgan fingerprint density at radius 2 is 2.12 bits per heavy atom. The maximum atomic E-state index is 12.7. The van der Waals surface area contributed by atoms with Crippen LogP contribution in [-0.4, -0.2) is 34.3 Å². The molecule has 5 nitrogen and oxygen atoms in total. The number of thiophene rings is 1. The molecule has 1 atom stereocenters. The van der Waals surface area contributed by atoms with Crippen molar-refractivity contribution in [2.24, 2.45) is 0 Å². The van der Waals surface area contributed by atoms with Gasteiger partial charge in [-0.3, -0.25) is 9.59 Å². The first-order valence-corrected chi connectivity index (χ1v) is 10.1. The van der Waals surface area contributed by atoms with Crippen molar-refractivity contribution >= 4 is 39.6 Å². The van der Waals surface area contributed by atoms with Gasteiger partial charge in [-0.15, -0.1) is 22.7 Å². The van der Waals surface area contributed by atoms with Crippen LogP contribution < -0.4 is 5.32 Å². The second kappa shape index (κ2) is 6.64. The minimum absolute atomic E-state index is 0.0407. The molecule has 2 aromatic rings. The highest BCUT2D eigenvalue weighted by molar-refractivity contribution is 7.15. The van der Waals surface area contributed by atoms with E-state index in [9.17, 15) is 9.59 Å². The molecule has 7 heteroatoms. The Morgan fingerprint density at radius 1 is 1.25 bits per heavy atom. The number of nitrogens with zero attached hydrogens (tertiary/aromatic N) is 2. The average Bonchev–Trinajstić information content (AvgIpc) is 3.32. The Bertz CT molecular complexity index is 730. The molecule has 2 aromatic heterocycles. The summed E-state index contributed by atoms with van der Waals surface area (Å²) in [6.07, 6.45) is 6.03. The van der Waals surface area contributed by atoms with Crippen LogP contribution in [0.3, 0.4) is 0 Å². The number of carbonyl (C=O) groups is 2. The predicted octanol–water partition coefficient (Wildman–Crippen LogP) is 3.33. The number of hydrogen-bond acceptors (Lipinski definition) is 5. The molecular formula is C17H19N3O2S2. The lowest BCUT2D eigenvalue weighted by molar-refractivity contribution is -0.119. The summed E-state index contributed by atoms with van der Waals surface area (Å²) < 4.78 is 0. The Morgan fingerprint density at radius 3 is 2.92 bits per heavy atom. The Labute approximate surface area is 148 Å². The molecule has 24 heavy (non-hydrogen) atoms. The molecule has 0 unspecified atom stereocenters. The zero-order valence-electron chi connectivity index (χ0n) is 13.3. The normalized spacial score (nSPS) is 20.0. The summed E-state index contributed by atoms with van der Waals surface area (Å²) in [5, 5.41) is 5.52. The van der Waals surface area contributed by atoms with Crippen molar-refractivity contribution in [3.05, 3.63) is 33.0 Å². The van der Waals surface area contributed by atoms with E-state index in [1.165, 1.54) is 29.1 Å². The summed E-state index contributed by atoms with van der Waals surface area (Å²) in [4.78, 5) is 33.5. The van der Waals surface area contributed by atoms with Crippen LogP contribution in [0.25, 0.3) is 0 Å². The standard InChI is InChI=1S/C17H19N3O2S2/c21-15(19-17-18-11-5-1-2-7-13(11)24-17)12-6-3-9-20(12)16(22)14-8-4-10-23-14/h4,8,10,12H,1-3,5-7,9H2,(H,18,19,21)/t12-/m1/s1. The third-order valence-electron chi connectivity index (χ3n) is 4.62. The van der Waals surface area contributed by atoms with Crippen LogP contribution in [0.5, 0.6) is 0 Å². The minimum Gasteiger partial charge on any atom is -0.326 e. The quantitative estimate of drug-likeness (QED) is 0.912. The maximum Gasteiger partial charge on any atom is 0.264 e. The van der Waals surface area contributed by atoms with Gasteiger partial charge in [0, 0.05) is 11.4 Å². The van der Waals surface area contributed by atoms with E-state index >= 15 is 0 Å². The van der Waals surface area contributed by atoms with Gasteiger partial charge < -0.3 is 10.2 Å². The van der Waals surface area contributed by atoms with Gasteiger partial charge in [0.15, 0.2) is 5.13 Å². The van der Waals surface area contributed by atoms with Crippen LogP contribution in [0.1, 0.15) is 45.9 Å². The van der Waals surface area contributed by atoms with Gasteiger partial charge in [-0.05, 0) is 50.0 Å². The van der Waals surface area contributed by atoms with E-state index in [0.717, 1.165) is 25.0 Å². The fourth-order valence-electron chi connectivity index (χ4n) is 3.42. The number of aromatic nitrogens is 1. The van der Waals surface area contributed by atoms with Crippen LogP contribution >= 0.6 is 22.7 Å². The molecular weight excluding hydrogens is 342 g/mol. The number of carbonyl (C=O) groups excluding carboxylic acids is 2. The number of rotatable bonds is 3. The summed E-state index contributed by atoms with van der Waals surface area (Å²) in [6.45, 7) is 0.642. The molecule has 0 spiro atoms. The van der Waals surface area contributed by atoms with E-state index in [1.807, 2.05) is 17.5 Å². The molecule has 1 fully saturated rings. The summed E-state index contributed by atoms with van der Waals surface area (Å²) in [7, 11) is 0. The fourth-order valence-corrected chi connectivity index (χ4v) is 5.15. The smallest absolute Gasteiger partial charge is 0.264 e. The first-order chi connectivity index (χ1) is 11.7. The molecule has 1 N–H and O–H groups in total. The van der Waals surface area contributed by atoms with Gasteiger partial charge >= 0.3 is 0 Å². The Kier molecular flexibility index (Phi) is 4.37. The van der Waals surface area contributed by atoms with E-state index in [0.29, 0.717) is 23.0 Å². The summed E-state index contributed by atoms with van der Waals surface area (Å²) in [5.74, 6) is -0.149.